The second-order valence-corrected chi connectivity index (χ2v) is 5.81. The maximum absolute atomic E-state index is 11.9. The molecule has 0 saturated carbocycles. The predicted molar refractivity (Wildman–Crippen MR) is 85.6 cm³/mol. The lowest BCUT2D eigenvalue weighted by Gasteiger charge is -2.08. The van der Waals surface area contributed by atoms with Gasteiger partial charge >= 0.3 is 0 Å². The summed E-state index contributed by atoms with van der Waals surface area (Å²) in [5, 5.41) is 12.8. The third-order valence-corrected chi connectivity index (χ3v) is 3.82. The maximum atomic E-state index is 11.9. The number of thioether (sulfide) groups is 1. The van der Waals surface area contributed by atoms with Crippen LogP contribution in [0, 0.1) is 0 Å². The molecule has 0 saturated heterocycles. The molecule has 2 aromatic carbocycles. The van der Waals surface area contributed by atoms with Crippen LogP contribution in [0.5, 0.6) is 5.75 Å². The van der Waals surface area contributed by atoms with Crippen molar-refractivity contribution in [3.63, 3.8) is 0 Å². The lowest BCUT2D eigenvalue weighted by Crippen LogP contribution is -2.26. The number of hydrogen-bond donors (Lipinski definition) is 2. The summed E-state index contributed by atoms with van der Waals surface area (Å²) >= 11 is 1.48. The van der Waals surface area contributed by atoms with Crippen molar-refractivity contribution in [2.45, 2.75) is 17.1 Å². The zero-order valence-electron chi connectivity index (χ0n) is 11.6. The molecule has 0 aliphatic rings. The first-order valence-electron chi connectivity index (χ1n) is 6.49. The van der Waals surface area contributed by atoms with Crippen LogP contribution in [0.25, 0.3) is 0 Å². The Kier molecular flexibility index (Phi) is 5.40. The molecule has 0 bridgehead atoms. The van der Waals surface area contributed by atoms with Crippen LogP contribution in [-0.4, -0.2) is 22.5 Å². The zero-order chi connectivity index (χ0) is 15.1. The molecule has 0 aliphatic carbocycles. The minimum absolute atomic E-state index is 0.154. The average Bonchev–Trinajstić information content (AvgIpc) is 2.50. The Balaban J connectivity index is 1.85. The summed E-state index contributed by atoms with van der Waals surface area (Å²) in [7, 11) is 0. The molecule has 2 aromatic rings. The summed E-state index contributed by atoms with van der Waals surface area (Å²) in [6, 6.07) is 16.3. The third-order valence-electron chi connectivity index (χ3n) is 2.71. The summed E-state index contributed by atoms with van der Waals surface area (Å²) in [4.78, 5) is 13.0. The smallest absolute Gasteiger partial charge is 0.253 e. The van der Waals surface area contributed by atoms with Gasteiger partial charge in [0.1, 0.15) is 5.75 Å². The highest BCUT2D eigenvalue weighted by Crippen LogP contribution is 2.22. The summed E-state index contributed by atoms with van der Waals surface area (Å²) in [5.74, 6) is 0.0444. The van der Waals surface area contributed by atoms with Crippen LogP contribution in [0.3, 0.4) is 0 Å². The summed E-state index contributed by atoms with van der Waals surface area (Å²) in [5.41, 5.74) is 3.32. The lowest BCUT2D eigenvalue weighted by molar-refractivity contribution is -0.120. The molecule has 0 spiro atoms. The molecular weight excluding hydrogens is 284 g/mol. The minimum atomic E-state index is -0.232. The number of rotatable bonds is 5. The molecule has 0 heterocycles. The normalized spacial score (nSPS) is 12.2. The largest absolute Gasteiger partial charge is 0.508 e. The Morgan fingerprint density at radius 1 is 1.19 bits per heavy atom. The van der Waals surface area contributed by atoms with E-state index in [1.165, 1.54) is 18.0 Å². The predicted octanol–water partition coefficient (Wildman–Crippen LogP) is 3.02. The van der Waals surface area contributed by atoms with Gasteiger partial charge < -0.3 is 5.11 Å². The van der Waals surface area contributed by atoms with Gasteiger partial charge in [0.2, 0.25) is 0 Å². The third kappa shape index (κ3) is 4.96. The number of nitrogens with one attached hydrogen (secondary N) is 1. The van der Waals surface area contributed by atoms with Crippen molar-refractivity contribution in [2.75, 3.05) is 0 Å². The van der Waals surface area contributed by atoms with E-state index in [0.29, 0.717) is 0 Å². The van der Waals surface area contributed by atoms with Crippen LogP contribution in [0.1, 0.15) is 12.5 Å². The number of nitrogens with zero attached hydrogens (tertiary/aromatic N) is 1. The monoisotopic (exact) mass is 300 g/mol. The first-order valence-corrected chi connectivity index (χ1v) is 7.37. The van der Waals surface area contributed by atoms with Gasteiger partial charge in [0, 0.05) is 4.90 Å². The lowest BCUT2D eigenvalue weighted by atomic mass is 10.2. The maximum Gasteiger partial charge on any atom is 0.253 e. The van der Waals surface area contributed by atoms with Gasteiger partial charge in [0.15, 0.2) is 0 Å². The molecule has 0 fully saturated rings. The summed E-state index contributed by atoms with van der Waals surface area (Å²) < 4.78 is 0. The Hall–Kier alpha value is -2.27. The average molecular weight is 300 g/mol. The summed E-state index contributed by atoms with van der Waals surface area (Å²) in [6.45, 7) is 1.84. The van der Waals surface area contributed by atoms with Gasteiger partial charge in [0.05, 0.1) is 11.5 Å². The Morgan fingerprint density at radius 2 is 1.86 bits per heavy atom. The number of hydrogen-bond acceptors (Lipinski definition) is 4. The van der Waals surface area contributed by atoms with Gasteiger partial charge in [-0.1, -0.05) is 18.2 Å². The summed E-state index contributed by atoms with van der Waals surface area (Å²) in [6.07, 6.45) is 1.54. The Morgan fingerprint density at radius 3 is 2.52 bits per heavy atom. The van der Waals surface area contributed by atoms with E-state index in [-0.39, 0.29) is 16.9 Å². The number of carbonyl (C=O) groups excluding carboxylic acids is 1. The van der Waals surface area contributed by atoms with E-state index in [0.717, 1.165) is 10.5 Å². The van der Waals surface area contributed by atoms with Gasteiger partial charge in [-0.15, -0.1) is 11.8 Å². The standard InChI is InChI=1S/C16H16N2O2S/c1-12(21-15-5-3-2-4-6-15)16(20)18-17-11-13-7-9-14(19)10-8-13/h2-12,19H,1H3,(H,18,20)/b17-11-/t12-/m1/s1. The molecule has 2 N–H and O–H groups in total. The highest BCUT2D eigenvalue weighted by Gasteiger charge is 2.13. The van der Waals surface area contributed by atoms with Crippen LogP contribution < -0.4 is 5.43 Å². The topological polar surface area (TPSA) is 61.7 Å². The molecule has 21 heavy (non-hydrogen) atoms. The fourth-order valence-corrected chi connectivity index (χ4v) is 2.46. The fourth-order valence-electron chi connectivity index (χ4n) is 1.58. The van der Waals surface area contributed by atoms with E-state index >= 15 is 0 Å². The second kappa shape index (κ2) is 7.50. The molecule has 2 rings (SSSR count). The van der Waals surface area contributed by atoms with Crippen LogP contribution in [-0.2, 0) is 4.79 Å². The molecule has 0 radical (unpaired) electrons. The molecule has 0 unspecified atom stereocenters. The number of phenolic OH excluding ortho intramolecular Hbond substituents is 1. The van der Waals surface area contributed by atoms with Gasteiger partial charge in [-0.3, -0.25) is 4.79 Å². The van der Waals surface area contributed by atoms with Crippen LogP contribution >= 0.6 is 11.8 Å². The van der Waals surface area contributed by atoms with Crippen molar-refractivity contribution in [3.05, 3.63) is 60.2 Å². The first-order chi connectivity index (χ1) is 10.1. The van der Waals surface area contributed by atoms with Crippen molar-refractivity contribution in [3.8, 4) is 5.75 Å². The number of carbonyl (C=O) groups is 1. The number of phenols is 1. The number of benzene rings is 2. The molecule has 4 nitrogen and oxygen atoms in total. The van der Waals surface area contributed by atoms with E-state index in [1.54, 1.807) is 24.3 Å². The van der Waals surface area contributed by atoms with Crippen molar-refractivity contribution in [1.82, 2.24) is 5.43 Å². The minimum Gasteiger partial charge on any atom is -0.508 e. The number of aromatic hydroxyl groups is 1. The molecule has 5 heteroatoms. The van der Waals surface area contributed by atoms with Gasteiger partial charge in [0.25, 0.3) is 5.91 Å². The van der Waals surface area contributed by atoms with Crippen LogP contribution in [0.15, 0.2) is 64.6 Å². The van der Waals surface area contributed by atoms with Gasteiger partial charge in [-0.05, 0) is 48.9 Å². The van der Waals surface area contributed by atoms with E-state index in [9.17, 15) is 4.79 Å². The van der Waals surface area contributed by atoms with Crippen molar-refractivity contribution in [2.24, 2.45) is 5.10 Å². The van der Waals surface area contributed by atoms with Crippen molar-refractivity contribution < 1.29 is 9.90 Å². The highest BCUT2D eigenvalue weighted by molar-refractivity contribution is 8.00. The molecule has 1 amide bonds. The van der Waals surface area contributed by atoms with Crippen molar-refractivity contribution >= 4 is 23.9 Å². The number of hydrazone groups is 1. The molecule has 108 valence electrons. The quantitative estimate of drug-likeness (QED) is 0.507. The Labute approximate surface area is 127 Å². The van der Waals surface area contributed by atoms with E-state index in [1.807, 2.05) is 37.3 Å². The van der Waals surface area contributed by atoms with E-state index in [2.05, 4.69) is 10.5 Å². The van der Waals surface area contributed by atoms with E-state index in [4.69, 9.17) is 5.11 Å². The first kappa shape index (κ1) is 15.1. The van der Waals surface area contributed by atoms with Crippen molar-refractivity contribution in [1.29, 1.82) is 0 Å². The van der Waals surface area contributed by atoms with Gasteiger partial charge in [-0.2, -0.15) is 5.10 Å². The van der Waals surface area contributed by atoms with Gasteiger partial charge in [-0.25, -0.2) is 5.43 Å². The Bertz CT molecular complexity index is 612. The van der Waals surface area contributed by atoms with Crippen LogP contribution in [0.2, 0.25) is 0 Å². The molecular formula is C16H16N2O2S. The molecule has 1 atom stereocenters. The highest BCUT2D eigenvalue weighted by atomic mass is 32.2. The van der Waals surface area contributed by atoms with E-state index < -0.39 is 0 Å². The molecule has 0 aliphatic heterocycles. The molecule has 0 aromatic heterocycles. The van der Waals surface area contributed by atoms with Crippen LogP contribution in [0.4, 0.5) is 0 Å². The fraction of sp³-hybridized carbons (Fsp3) is 0.125. The second-order valence-electron chi connectivity index (χ2n) is 4.40. The SMILES string of the molecule is C[C@@H](Sc1ccccc1)C(=O)N/N=C\c1ccc(O)cc1. The number of amides is 1. The zero-order valence-corrected chi connectivity index (χ0v) is 12.4.